The van der Waals surface area contributed by atoms with E-state index >= 15 is 0 Å². The minimum atomic E-state index is -4.20. The highest BCUT2D eigenvalue weighted by Gasteiger charge is 2.48. The summed E-state index contributed by atoms with van der Waals surface area (Å²) in [5.41, 5.74) is 4.88. The number of aryl methyl sites for hydroxylation is 1. The molecule has 0 bridgehead atoms. The average molecular weight is 249 g/mol. The molecule has 0 saturated heterocycles. The fourth-order valence-corrected chi connectivity index (χ4v) is 2.29. The molecular formula is C10H14F3N3O. The van der Waals surface area contributed by atoms with Crippen LogP contribution in [0.1, 0.15) is 37.4 Å². The molecule has 2 unspecified atom stereocenters. The van der Waals surface area contributed by atoms with Crippen molar-refractivity contribution in [3.05, 3.63) is 11.7 Å². The van der Waals surface area contributed by atoms with Gasteiger partial charge >= 0.3 is 6.18 Å². The fraction of sp³-hybridized carbons (Fsp3) is 0.800. The van der Waals surface area contributed by atoms with Gasteiger partial charge in [0.2, 0.25) is 5.89 Å². The summed E-state index contributed by atoms with van der Waals surface area (Å²) in [4.78, 5) is 3.95. The minimum absolute atomic E-state index is 0.124. The van der Waals surface area contributed by atoms with Gasteiger partial charge in [-0.05, 0) is 19.3 Å². The summed E-state index contributed by atoms with van der Waals surface area (Å²) in [5.74, 6) is -0.872. The summed E-state index contributed by atoms with van der Waals surface area (Å²) in [7, 11) is 0. The lowest BCUT2D eigenvalue weighted by Crippen LogP contribution is -2.45. The Morgan fingerprint density at radius 2 is 2.18 bits per heavy atom. The van der Waals surface area contributed by atoms with Crippen LogP contribution in [0.4, 0.5) is 13.2 Å². The molecule has 4 nitrogen and oxygen atoms in total. The highest BCUT2D eigenvalue weighted by molar-refractivity contribution is 5.06. The van der Waals surface area contributed by atoms with Gasteiger partial charge < -0.3 is 10.3 Å². The van der Waals surface area contributed by atoms with E-state index in [4.69, 9.17) is 10.3 Å². The van der Waals surface area contributed by atoms with E-state index < -0.39 is 17.6 Å². The van der Waals surface area contributed by atoms with E-state index in [9.17, 15) is 13.2 Å². The number of nitrogens with zero attached hydrogens (tertiary/aromatic N) is 2. The van der Waals surface area contributed by atoms with Gasteiger partial charge in [-0.15, -0.1) is 0 Å². The first-order chi connectivity index (χ1) is 7.81. The summed E-state index contributed by atoms with van der Waals surface area (Å²) < 4.78 is 42.8. The highest BCUT2D eigenvalue weighted by atomic mass is 19.4. The van der Waals surface area contributed by atoms with Gasteiger partial charge in [-0.1, -0.05) is 11.6 Å². The first-order valence-electron chi connectivity index (χ1n) is 5.48. The zero-order valence-electron chi connectivity index (χ0n) is 9.42. The first kappa shape index (κ1) is 12.3. The van der Waals surface area contributed by atoms with Crippen LogP contribution < -0.4 is 5.73 Å². The van der Waals surface area contributed by atoms with Crippen LogP contribution in [0.25, 0.3) is 0 Å². The lowest BCUT2D eigenvalue weighted by molar-refractivity contribution is -0.187. The van der Waals surface area contributed by atoms with Crippen LogP contribution in [0.3, 0.4) is 0 Å². The van der Waals surface area contributed by atoms with Gasteiger partial charge in [0.1, 0.15) is 0 Å². The van der Waals surface area contributed by atoms with Crippen LogP contribution in [0.5, 0.6) is 0 Å². The van der Waals surface area contributed by atoms with E-state index in [0.717, 1.165) is 0 Å². The van der Waals surface area contributed by atoms with E-state index in [2.05, 4.69) is 10.1 Å². The molecule has 0 spiro atoms. The van der Waals surface area contributed by atoms with Crippen LogP contribution >= 0.6 is 0 Å². The molecule has 2 rings (SSSR count). The molecule has 1 aromatic rings. The Balaban J connectivity index is 2.21. The maximum absolute atomic E-state index is 12.7. The van der Waals surface area contributed by atoms with Crippen molar-refractivity contribution in [2.24, 2.45) is 11.7 Å². The zero-order valence-corrected chi connectivity index (χ0v) is 9.42. The van der Waals surface area contributed by atoms with Crippen molar-refractivity contribution in [1.29, 1.82) is 0 Å². The molecule has 0 aromatic carbocycles. The molecule has 0 radical (unpaired) electrons. The molecule has 0 aliphatic heterocycles. The van der Waals surface area contributed by atoms with Gasteiger partial charge in [0.05, 0.1) is 11.5 Å². The van der Waals surface area contributed by atoms with Crippen LogP contribution in [0.2, 0.25) is 0 Å². The number of nitrogens with two attached hydrogens (primary N) is 1. The third kappa shape index (κ3) is 2.43. The maximum Gasteiger partial charge on any atom is 0.391 e. The van der Waals surface area contributed by atoms with Crippen molar-refractivity contribution in [3.8, 4) is 0 Å². The van der Waals surface area contributed by atoms with E-state index in [1.54, 1.807) is 6.92 Å². The fourth-order valence-electron chi connectivity index (χ4n) is 2.29. The van der Waals surface area contributed by atoms with Crippen molar-refractivity contribution in [1.82, 2.24) is 10.1 Å². The van der Waals surface area contributed by atoms with Gasteiger partial charge in [-0.25, -0.2) is 0 Å². The number of rotatable bonds is 1. The quantitative estimate of drug-likeness (QED) is 0.829. The Hall–Kier alpha value is -1.11. The molecule has 1 aliphatic rings. The molecule has 1 fully saturated rings. The van der Waals surface area contributed by atoms with E-state index in [0.29, 0.717) is 18.7 Å². The molecule has 1 saturated carbocycles. The van der Waals surface area contributed by atoms with Crippen molar-refractivity contribution in [2.45, 2.75) is 44.3 Å². The Kier molecular flexibility index (Phi) is 2.89. The molecule has 0 amide bonds. The molecule has 96 valence electrons. The zero-order chi connectivity index (χ0) is 12.7. The van der Waals surface area contributed by atoms with Gasteiger partial charge in [0.25, 0.3) is 0 Å². The minimum Gasteiger partial charge on any atom is -0.340 e. The number of halogens is 3. The van der Waals surface area contributed by atoms with E-state index in [1.165, 1.54) is 0 Å². The second-order valence-electron chi connectivity index (χ2n) is 4.63. The summed E-state index contributed by atoms with van der Waals surface area (Å²) in [5, 5.41) is 3.65. The molecular weight excluding hydrogens is 235 g/mol. The van der Waals surface area contributed by atoms with Crippen molar-refractivity contribution < 1.29 is 17.7 Å². The molecule has 2 N–H and O–H groups in total. The molecule has 1 aromatic heterocycles. The van der Waals surface area contributed by atoms with E-state index in [1.807, 2.05) is 0 Å². The second kappa shape index (κ2) is 3.97. The van der Waals surface area contributed by atoms with Gasteiger partial charge in [-0.3, -0.25) is 0 Å². The van der Waals surface area contributed by atoms with Gasteiger partial charge in [0, 0.05) is 6.92 Å². The van der Waals surface area contributed by atoms with Crippen LogP contribution in [0.15, 0.2) is 4.52 Å². The monoisotopic (exact) mass is 249 g/mol. The SMILES string of the molecule is Cc1nc(C2(N)CCCC(C(F)(F)F)C2)no1. The number of alkyl halides is 3. The molecule has 2 atom stereocenters. The van der Waals surface area contributed by atoms with Crippen molar-refractivity contribution in [3.63, 3.8) is 0 Å². The van der Waals surface area contributed by atoms with Crippen molar-refractivity contribution >= 4 is 0 Å². The number of hydrogen-bond donors (Lipinski definition) is 1. The predicted molar refractivity (Wildman–Crippen MR) is 52.9 cm³/mol. The summed E-state index contributed by atoms with van der Waals surface area (Å²) in [6.45, 7) is 1.59. The Labute approximate surface area is 96.4 Å². The first-order valence-corrected chi connectivity index (χ1v) is 5.48. The predicted octanol–water partition coefficient (Wildman–Crippen LogP) is 2.28. The van der Waals surface area contributed by atoms with Gasteiger partial charge in [-0.2, -0.15) is 18.2 Å². The number of hydrogen-bond acceptors (Lipinski definition) is 4. The summed E-state index contributed by atoms with van der Waals surface area (Å²) in [6, 6.07) is 0. The van der Waals surface area contributed by atoms with Crippen LogP contribution in [-0.4, -0.2) is 16.3 Å². The lowest BCUT2D eigenvalue weighted by Gasteiger charge is -2.36. The summed E-state index contributed by atoms with van der Waals surface area (Å²) >= 11 is 0. The second-order valence-corrected chi connectivity index (χ2v) is 4.63. The summed E-state index contributed by atoms with van der Waals surface area (Å²) in [6.07, 6.45) is -3.37. The lowest BCUT2D eigenvalue weighted by atomic mass is 9.75. The average Bonchev–Trinajstić information content (AvgIpc) is 2.64. The Morgan fingerprint density at radius 1 is 1.47 bits per heavy atom. The largest absolute Gasteiger partial charge is 0.391 e. The highest BCUT2D eigenvalue weighted by Crippen LogP contribution is 2.43. The van der Waals surface area contributed by atoms with Gasteiger partial charge in [0.15, 0.2) is 5.82 Å². The van der Waals surface area contributed by atoms with Crippen LogP contribution in [0, 0.1) is 12.8 Å². The van der Waals surface area contributed by atoms with E-state index in [-0.39, 0.29) is 18.7 Å². The Morgan fingerprint density at radius 3 is 2.71 bits per heavy atom. The third-order valence-corrected chi connectivity index (χ3v) is 3.22. The van der Waals surface area contributed by atoms with Crippen molar-refractivity contribution in [2.75, 3.05) is 0 Å². The van der Waals surface area contributed by atoms with Crippen LogP contribution in [-0.2, 0) is 5.54 Å². The normalized spacial score (nSPS) is 30.5. The standard InChI is InChI=1S/C10H14F3N3O/c1-6-15-8(16-17-6)9(14)4-2-3-7(5-9)10(11,12)13/h7H,2-5,14H2,1H3. The molecule has 7 heteroatoms. The smallest absolute Gasteiger partial charge is 0.340 e. The molecule has 1 aliphatic carbocycles. The molecule has 17 heavy (non-hydrogen) atoms. The number of aromatic nitrogens is 2. The molecule has 1 heterocycles. The topological polar surface area (TPSA) is 64.9 Å². The maximum atomic E-state index is 12.7. The Bertz CT molecular complexity index is 404. The third-order valence-electron chi connectivity index (χ3n) is 3.22.